The van der Waals surface area contributed by atoms with Gasteiger partial charge in [-0.3, -0.25) is 9.59 Å². The number of nitrogens with one attached hydrogen (secondary N) is 2. The molecule has 0 heterocycles. The summed E-state index contributed by atoms with van der Waals surface area (Å²) >= 11 is 0. The van der Waals surface area contributed by atoms with Gasteiger partial charge < -0.3 is 20.7 Å². The summed E-state index contributed by atoms with van der Waals surface area (Å²) in [5.74, 6) is -1.13. The summed E-state index contributed by atoms with van der Waals surface area (Å²) in [4.78, 5) is 25.5. The molecule has 0 unspecified atom stereocenters. The number of rotatable bonds is 5. The maximum Gasteiger partial charge on any atom is 0.489 e. The van der Waals surface area contributed by atoms with Crippen LogP contribution in [-0.4, -0.2) is 29.0 Å². The molecule has 0 aromatic heterocycles. The first-order chi connectivity index (χ1) is 13.1. The monoisotopic (exact) mass is 360 g/mol. The van der Waals surface area contributed by atoms with Gasteiger partial charge in [0.15, 0.2) is 0 Å². The summed E-state index contributed by atoms with van der Waals surface area (Å²) in [6, 6.07) is 21.8. The molecule has 4 N–H and O–H groups in total. The first-order valence-electron chi connectivity index (χ1n) is 8.28. The highest BCUT2D eigenvalue weighted by molar-refractivity contribution is 6.61. The van der Waals surface area contributed by atoms with E-state index in [1.54, 1.807) is 54.6 Å². The summed E-state index contributed by atoms with van der Waals surface area (Å²) in [7, 11) is -1.90. The molecule has 3 rings (SSSR count). The predicted molar refractivity (Wildman–Crippen MR) is 105 cm³/mol. The third kappa shape index (κ3) is 4.41. The fraction of sp³-hybridized carbons (Fsp3) is 0. The van der Waals surface area contributed by atoms with Gasteiger partial charge in [-0.2, -0.15) is 0 Å². The molecule has 0 aliphatic rings. The van der Waals surface area contributed by atoms with Crippen molar-refractivity contribution in [2.75, 3.05) is 10.6 Å². The van der Waals surface area contributed by atoms with Crippen LogP contribution in [0.25, 0.3) is 0 Å². The van der Waals surface area contributed by atoms with Crippen molar-refractivity contribution in [1.29, 1.82) is 0 Å². The van der Waals surface area contributed by atoms with Crippen molar-refractivity contribution in [3.8, 4) is 0 Å². The highest BCUT2D eigenvalue weighted by Crippen LogP contribution is 2.15. The van der Waals surface area contributed by atoms with E-state index in [0.29, 0.717) is 11.4 Å². The standard InChI is InChI=1S/C20H17BN2O4/c24-19(22-14-8-3-1-4-9-14)16-12-7-13-17(21(26)27)18(16)20(25)23-15-10-5-2-6-11-15/h1-13,26-27H,(H,22,24)(H,23,25). The van der Waals surface area contributed by atoms with Gasteiger partial charge in [-0.1, -0.05) is 48.5 Å². The molecule has 0 aliphatic carbocycles. The van der Waals surface area contributed by atoms with Gasteiger partial charge in [0.25, 0.3) is 11.8 Å². The van der Waals surface area contributed by atoms with Crippen molar-refractivity contribution in [1.82, 2.24) is 0 Å². The zero-order chi connectivity index (χ0) is 19.2. The number of carbonyl (C=O) groups excluding carboxylic acids is 2. The lowest BCUT2D eigenvalue weighted by atomic mass is 9.75. The van der Waals surface area contributed by atoms with E-state index < -0.39 is 18.9 Å². The second-order valence-corrected chi connectivity index (χ2v) is 5.78. The van der Waals surface area contributed by atoms with E-state index in [4.69, 9.17) is 0 Å². The van der Waals surface area contributed by atoms with Crippen LogP contribution in [0.5, 0.6) is 0 Å². The van der Waals surface area contributed by atoms with Crippen LogP contribution in [-0.2, 0) is 0 Å². The molecule has 0 aliphatic heterocycles. The molecule has 27 heavy (non-hydrogen) atoms. The van der Waals surface area contributed by atoms with Crippen molar-refractivity contribution in [3.63, 3.8) is 0 Å². The Morgan fingerprint density at radius 2 is 1.19 bits per heavy atom. The Morgan fingerprint density at radius 3 is 1.70 bits per heavy atom. The van der Waals surface area contributed by atoms with Crippen LogP contribution < -0.4 is 16.1 Å². The Kier molecular flexibility index (Phi) is 5.66. The normalized spacial score (nSPS) is 10.1. The molecule has 0 atom stereocenters. The Labute approximate surface area is 156 Å². The maximum absolute atomic E-state index is 12.8. The van der Waals surface area contributed by atoms with E-state index in [-0.39, 0.29) is 16.6 Å². The fourth-order valence-electron chi connectivity index (χ4n) is 2.66. The number of anilines is 2. The predicted octanol–water partition coefficient (Wildman–Crippen LogP) is 1.87. The SMILES string of the molecule is O=C(Nc1ccccc1)c1cccc(B(O)O)c1C(=O)Nc1ccccc1. The van der Waals surface area contributed by atoms with Crippen molar-refractivity contribution in [2.45, 2.75) is 0 Å². The molecule has 0 fully saturated rings. The number of carbonyl (C=O) groups is 2. The molecule has 0 radical (unpaired) electrons. The molecular formula is C20H17BN2O4. The third-order valence-electron chi connectivity index (χ3n) is 3.91. The first-order valence-corrected chi connectivity index (χ1v) is 8.28. The molecule has 3 aromatic carbocycles. The minimum absolute atomic E-state index is 0.0397. The number of hydrogen-bond donors (Lipinski definition) is 4. The smallest absolute Gasteiger partial charge is 0.423 e. The van der Waals surface area contributed by atoms with E-state index in [2.05, 4.69) is 10.6 Å². The lowest BCUT2D eigenvalue weighted by molar-refractivity contribution is 0.0991. The second-order valence-electron chi connectivity index (χ2n) is 5.78. The van der Waals surface area contributed by atoms with Crippen LogP contribution in [0.3, 0.4) is 0 Å². The zero-order valence-electron chi connectivity index (χ0n) is 14.3. The van der Waals surface area contributed by atoms with Crippen LogP contribution in [0.4, 0.5) is 11.4 Å². The molecule has 3 aromatic rings. The van der Waals surface area contributed by atoms with E-state index in [9.17, 15) is 19.6 Å². The molecule has 0 saturated carbocycles. The fourth-order valence-corrected chi connectivity index (χ4v) is 2.66. The molecular weight excluding hydrogens is 343 g/mol. The highest BCUT2D eigenvalue weighted by Gasteiger charge is 2.26. The van der Waals surface area contributed by atoms with Crippen LogP contribution >= 0.6 is 0 Å². The summed E-state index contributed by atoms with van der Waals surface area (Å²) < 4.78 is 0. The minimum atomic E-state index is -1.90. The molecule has 134 valence electrons. The van der Waals surface area contributed by atoms with Gasteiger partial charge in [-0.15, -0.1) is 0 Å². The van der Waals surface area contributed by atoms with Crippen molar-refractivity contribution < 1.29 is 19.6 Å². The summed E-state index contributed by atoms with van der Waals surface area (Å²) in [6.07, 6.45) is 0. The minimum Gasteiger partial charge on any atom is -0.423 e. The first kappa shape index (κ1) is 18.4. The molecule has 7 heteroatoms. The van der Waals surface area contributed by atoms with Gasteiger partial charge >= 0.3 is 7.12 Å². The van der Waals surface area contributed by atoms with Gasteiger partial charge in [-0.25, -0.2) is 0 Å². The summed E-state index contributed by atoms with van der Waals surface area (Å²) in [6.45, 7) is 0. The van der Waals surface area contributed by atoms with Crippen molar-refractivity contribution in [2.24, 2.45) is 0 Å². The summed E-state index contributed by atoms with van der Waals surface area (Å²) in [5.41, 5.74) is 0.984. The Balaban J connectivity index is 1.97. The molecule has 0 spiro atoms. The highest BCUT2D eigenvalue weighted by atomic mass is 16.4. The third-order valence-corrected chi connectivity index (χ3v) is 3.91. The average molecular weight is 360 g/mol. The van der Waals surface area contributed by atoms with E-state index in [1.165, 1.54) is 18.2 Å². The quantitative estimate of drug-likeness (QED) is 0.522. The largest absolute Gasteiger partial charge is 0.489 e. The van der Waals surface area contributed by atoms with Crippen LogP contribution in [0.2, 0.25) is 0 Å². The van der Waals surface area contributed by atoms with Crippen LogP contribution in [0, 0.1) is 0 Å². The number of benzene rings is 3. The molecule has 2 amide bonds. The zero-order valence-corrected chi connectivity index (χ0v) is 14.3. The van der Waals surface area contributed by atoms with Gasteiger partial charge in [-0.05, 0) is 35.8 Å². The van der Waals surface area contributed by atoms with Gasteiger partial charge in [0.2, 0.25) is 0 Å². The van der Waals surface area contributed by atoms with Crippen LogP contribution in [0.15, 0.2) is 78.9 Å². The number of para-hydroxylation sites is 2. The van der Waals surface area contributed by atoms with Crippen LogP contribution in [0.1, 0.15) is 20.7 Å². The lowest BCUT2D eigenvalue weighted by Gasteiger charge is -2.15. The van der Waals surface area contributed by atoms with Gasteiger partial charge in [0.1, 0.15) is 0 Å². The number of amides is 2. The second kappa shape index (κ2) is 8.31. The topological polar surface area (TPSA) is 98.7 Å². The van der Waals surface area contributed by atoms with Gasteiger partial charge in [0.05, 0.1) is 11.1 Å². The molecule has 0 bridgehead atoms. The Hall–Kier alpha value is -3.42. The van der Waals surface area contributed by atoms with E-state index in [1.807, 2.05) is 6.07 Å². The lowest BCUT2D eigenvalue weighted by Crippen LogP contribution is -2.38. The molecule has 0 saturated heterocycles. The maximum atomic E-state index is 12.8. The van der Waals surface area contributed by atoms with Crippen molar-refractivity contribution in [3.05, 3.63) is 90.0 Å². The number of hydrogen-bond acceptors (Lipinski definition) is 4. The Morgan fingerprint density at radius 1 is 0.667 bits per heavy atom. The Bertz CT molecular complexity index is 947. The van der Waals surface area contributed by atoms with Crippen molar-refractivity contribution >= 4 is 35.8 Å². The van der Waals surface area contributed by atoms with E-state index in [0.717, 1.165) is 0 Å². The van der Waals surface area contributed by atoms with Gasteiger partial charge in [0, 0.05) is 11.4 Å². The van der Waals surface area contributed by atoms with E-state index >= 15 is 0 Å². The molecule has 6 nitrogen and oxygen atoms in total. The average Bonchev–Trinajstić information content (AvgIpc) is 2.68. The summed E-state index contributed by atoms with van der Waals surface area (Å²) in [5, 5.41) is 24.7.